The third-order valence-electron chi connectivity index (χ3n) is 2.87. The zero-order chi connectivity index (χ0) is 16.2. The standard InChI is InChI=1S/C14H14F3N3OS/c1-19(13(21)3-2-11-4-7-22-9-11)8-12-18-5-6-20(12)10-14(15,16)17/h2-7,9H,8,10H2,1H3/b3-2-. The Morgan fingerprint density at radius 3 is 2.91 bits per heavy atom. The number of thiophene rings is 1. The summed E-state index contributed by atoms with van der Waals surface area (Å²) >= 11 is 1.51. The lowest BCUT2D eigenvalue weighted by molar-refractivity contribution is -0.141. The van der Waals surface area contributed by atoms with Gasteiger partial charge in [-0.1, -0.05) is 0 Å². The quantitative estimate of drug-likeness (QED) is 0.790. The van der Waals surface area contributed by atoms with Gasteiger partial charge < -0.3 is 9.47 Å². The first kappa shape index (κ1) is 16.3. The largest absolute Gasteiger partial charge is 0.406 e. The number of aromatic nitrogens is 2. The molecule has 0 unspecified atom stereocenters. The minimum atomic E-state index is -4.32. The Morgan fingerprint density at radius 1 is 1.50 bits per heavy atom. The van der Waals surface area contributed by atoms with Crippen molar-refractivity contribution in [2.24, 2.45) is 0 Å². The average molecular weight is 329 g/mol. The molecule has 0 fully saturated rings. The molecule has 0 spiro atoms. The molecule has 0 aromatic carbocycles. The van der Waals surface area contributed by atoms with Crippen molar-refractivity contribution < 1.29 is 18.0 Å². The summed E-state index contributed by atoms with van der Waals surface area (Å²) in [5.74, 6) is -0.107. The number of imidazole rings is 1. The van der Waals surface area contributed by atoms with E-state index in [1.807, 2.05) is 16.8 Å². The number of hydrogen-bond donors (Lipinski definition) is 0. The van der Waals surface area contributed by atoms with Crippen LogP contribution in [0.1, 0.15) is 11.4 Å². The van der Waals surface area contributed by atoms with Crippen LogP contribution in [0.5, 0.6) is 0 Å². The lowest BCUT2D eigenvalue weighted by atomic mass is 10.3. The van der Waals surface area contributed by atoms with Crippen molar-refractivity contribution in [2.75, 3.05) is 7.05 Å². The summed E-state index contributed by atoms with van der Waals surface area (Å²) in [6, 6.07) is 1.87. The van der Waals surface area contributed by atoms with Crippen molar-refractivity contribution >= 4 is 23.3 Å². The molecule has 0 aliphatic carbocycles. The molecular formula is C14H14F3N3OS. The second-order valence-electron chi connectivity index (χ2n) is 4.67. The second-order valence-corrected chi connectivity index (χ2v) is 5.45. The zero-order valence-electron chi connectivity index (χ0n) is 11.7. The molecule has 0 aliphatic heterocycles. The highest BCUT2D eigenvalue weighted by molar-refractivity contribution is 7.08. The molecule has 2 aromatic rings. The van der Waals surface area contributed by atoms with Crippen LogP contribution < -0.4 is 0 Å². The molecule has 0 aliphatic rings. The molecule has 2 heterocycles. The van der Waals surface area contributed by atoms with Crippen LogP contribution in [0.15, 0.2) is 35.3 Å². The van der Waals surface area contributed by atoms with Gasteiger partial charge in [-0.2, -0.15) is 24.5 Å². The molecule has 2 rings (SSSR count). The molecule has 22 heavy (non-hydrogen) atoms. The Bertz CT molecular complexity index is 647. The summed E-state index contributed by atoms with van der Waals surface area (Å²) in [6.07, 6.45) is 1.27. The molecule has 0 saturated carbocycles. The molecular weight excluding hydrogens is 315 g/mol. The van der Waals surface area contributed by atoms with Crippen molar-refractivity contribution in [2.45, 2.75) is 19.3 Å². The monoisotopic (exact) mass is 329 g/mol. The van der Waals surface area contributed by atoms with Crippen molar-refractivity contribution in [3.8, 4) is 0 Å². The summed E-state index contributed by atoms with van der Waals surface area (Å²) in [5, 5.41) is 3.78. The Hall–Kier alpha value is -2.09. The second kappa shape index (κ2) is 6.78. The van der Waals surface area contributed by atoms with Crippen molar-refractivity contribution in [1.29, 1.82) is 0 Å². The van der Waals surface area contributed by atoms with Gasteiger partial charge in [0.15, 0.2) is 0 Å². The van der Waals surface area contributed by atoms with E-state index in [1.54, 1.807) is 6.08 Å². The Labute approximate surface area is 129 Å². The fraction of sp³-hybridized carbons (Fsp3) is 0.286. The van der Waals surface area contributed by atoms with Crippen LogP contribution in [0.25, 0.3) is 6.08 Å². The molecule has 4 nitrogen and oxygen atoms in total. The van der Waals surface area contributed by atoms with E-state index in [0.717, 1.165) is 10.1 Å². The number of rotatable bonds is 5. The fourth-order valence-corrected chi connectivity index (χ4v) is 2.41. The van der Waals surface area contributed by atoms with Gasteiger partial charge in [-0.3, -0.25) is 4.79 Å². The van der Waals surface area contributed by atoms with E-state index >= 15 is 0 Å². The van der Waals surface area contributed by atoms with Crippen LogP contribution >= 0.6 is 11.3 Å². The van der Waals surface area contributed by atoms with E-state index < -0.39 is 12.7 Å². The smallest absolute Gasteiger partial charge is 0.335 e. The minimum Gasteiger partial charge on any atom is -0.335 e. The van der Waals surface area contributed by atoms with E-state index in [0.29, 0.717) is 0 Å². The van der Waals surface area contributed by atoms with Crippen LogP contribution in [0.3, 0.4) is 0 Å². The number of halogens is 3. The van der Waals surface area contributed by atoms with Crippen LogP contribution in [0.4, 0.5) is 13.2 Å². The number of amides is 1. The van der Waals surface area contributed by atoms with Crippen LogP contribution in [0, 0.1) is 0 Å². The summed E-state index contributed by atoms with van der Waals surface area (Å²) < 4.78 is 38.3. The van der Waals surface area contributed by atoms with Gasteiger partial charge in [-0.25, -0.2) is 4.98 Å². The minimum absolute atomic E-state index is 0.00981. The maximum Gasteiger partial charge on any atom is 0.406 e. The predicted octanol–water partition coefficient (Wildman–Crippen LogP) is 3.18. The Morgan fingerprint density at radius 2 is 2.27 bits per heavy atom. The molecule has 0 saturated heterocycles. The van der Waals surface area contributed by atoms with Gasteiger partial charge in [0, 0.05) is 25.5 Å². The van der Waals surface area contributed by atoms with Crippen molar-refractivity contribution in [3.63, 3.8) is 0 Å². The molecule has 0 atom stereocenters. The molecule has 2 aromatic heterocycles. The lowest BCUT2D eigenvalue weighted by Crippen LogP contribution is -2.27. The van der Waals surface area contributed by atoms with Crippen LogP contribution in [-0.4, -0.2) is 33.6 Å². The highest BCUT2D eigenvalue weighted by Crippen LogP contribution is 2.18. The summed E-state index contributed by atoms with van der Waals surface area (Å²) in [7, 11) is 1.52. The summed E-state index contributed by atoms with van der Waals surface area (Å²) in [4.78, 5) is 17.1. The third-order valence-corrected chi connectivity index (χ3v) is 3.57. The van der Waals surface area contributed by atoms with Gasteiger partial charge in [-0.05, 0) is 28.5 Å². The topological polar surface area (TPSA) is 38.1 Å². The first-order valence-electron chi connectivity index (χ1n) is 6.37. The summed E-state index contributed by atoms with van der Waals surface area (Å²) in [5.41, 5.74) is 0.908. The number of carbonyl (C=O) groups excluding carboxylic acids is 1. The molecule has 0 N–H and O–H groups in total. The first-order chi connectivity index (χ1) is 10.3. The molecule has 1 amide bonds. The number of likely N-dealkylation sites (N-methyl/N-ethyl adjacent to an activating group) is 1. The van der Waals surface area contributed by atoms with Gasteiger partial charge in [0.05, 0.1) is 6.54 Å². The number of alkyl halides is 3. The zero-order valence-corrected chi connectivity index (χ0v) is 12.6. The maximum atomic E-state index is 12.4. The maximum absolute atomic E-state index is 12.4. The van der Waals surface area contributed by atoms with Crippen LogP contribution in [0.2, 0.25) is 0 Å². The van der Waals surface area contributed by atoms with E-state index in [9.17, 15) is 18.0 Å². The van der Waals surface area contributed by atoms with Gasteiger partial charge in [-0.15, -0.1) is 0 Å². The Balaban J connectivity index is 1.98. The van der Waals surface area contributed by atoms with Gasteiger partial charge in [0.2, 0.25) is 5.91 Å². The molecule has 0 bridgehead atoms. The number of nitrogens with zero attached hydrogens (tertiary/aromatic N) is 3. The van der Waals surface area contributed by atoms with Crippen molar-refractivity contribution in [1.82, 2.24) is 14.5 Å². The van der Waals surface area contributed by atoms with E-state index in [2.05, 4.69) is 4.98 Å². The fourth-order valence-electron chi connectivity index (χ4n) is 1.78. The molecule has 8 heteroatoms. The average Bonchev–Trinajstić information content (AvgIpc) is 3.06. The molecule has 0 radical (unpaired) electrons. The normalized spacial score (nSPS) is 12.0. The van der Waals surface area contributed by atoms with Gasteiger partial charge in [0.1, 0.15) is 12.4 Å². The third kappa shape index (κ3) is 4.73. The van der Waals surface area contributed by atoms with E-state index in [4.69, 9.17) is 0 Å². The van der Waals surface area contributed by atoms with Crippen molar-refractivity contribution in [3.05, 3.63) is 46.7 Å². The summed E-state index contributed by atoms with van der Waals surface area (Å²) in [6.45, 7) is -1.11. The van der Waals surface area contributed by atoms with E-state index in [1.165, 1.54) is 41.8 Å². The lowest BCUT2D eigenvalue weighted by Gasteiger charge is -2.16. The Kier molecular flexibility index (Phi) is 5.02. The van der Waals surface area contributed by atoms with E-state index in [-0.39, 0.29) is 18.3 Å². The highest BCUT2D eigenvalue weighted by atomic mass is 32.1. The molecule has 118 valence electrons. The van der Waals surface area contributed by atoms with Gasteiger partial charge >= 0.3 is 6.18 Å². The van der Waals surface area contributed by atoms with Gasteiger partial charge in [0.25, 0.3) is 0 Å². The highest BCUT2D eigenvalue weighted by Gasteiger charge is 2.29. The van der Waals surface area contributed by atoms with Crippen LogP contribution in [-0.2, 0) is 17.9 Å². The first-order valence-corrected chi connectivity index (χ1v) is 7.31. The number of hydrogen-bond acceptors (Lipinski definition) is 3. The SMILES string of the molecule is CN(Cc1nccn1CC(F)(F)F)C(=O)/C=C\c1ccsc1. The number of carbonyl (C=O) groups is 1. The predicted molar refractivity (Wildman–Crippen MR) is 78.1 cm³/mol.